The standard InChI is InChI=1S/C15H19N3OS2/c1-2-3-8-13-17-18-15(21-13)16-14(19)12-9-10-6-4-5-7-11(10)20-12/h9H,2-8H2,1H3,(H,16,18,19). The number of hydrogen-bond acceptors (Lipinski definition) is 5. The van der Waals surface area contributed by atoms with E-state index in [0.29, 0.717) is 5.13 Å². The highest BCUT2D eigenvalue weighted by Crippen LogP contribution is 2.30. The van der Waals surface area contributed by atoms with Crippen molar-refractivity contribution in [1.29, 1.82) is 0 Å². The molecule has 0 radical (unpaired) electrons. The summed E-state index contributed by atoms with van der Waals surface area (Å²) in [6.45, 7) is 2.16. The highest BCUT2D eigenvalue weighted by atomic mass is 32.1. The number of hydrogen-bond donors (Lipinski definition) is 1. The highest BCUT2D eigenvalue weighted by Gasteiger charge is 2.18. The lowest BCUT2D eigenvalue weighted by Gasteiger charge is -2.08. The molecule has 0 spiro atoms. The van der Waals surface area contributed by atoms with Crippen LogP contribution in [-0.2, 0) is 19.3 Å². The lowest BCUT2D eigenvalue weighted by atomic mass is 9.99. The van der Waals surface area contributed by atoms with Gasteiger partial charge in [-0.05, 0) is 43.7 Å². The SMILES string of the molecule is CCCCc1nnc(NC(=O)c2cc3c(s2)CCCC3)s1. The van der Waals surface area contributed by atoms with Gasteiger partial charge < -0.3 is 0 Å². The van der Waals surface area contributed by atoms with Crippen LogP contribution in [0, 0.1) is 0 Å². The fraction of sp³-hybridized carbons (Fsp3) is 0.533. The van der Waals surface area contributed by atoms with Gasteiger partial charge in [-0.25, -0.2) is 0 Å². The Balaban J connectivity index is 1.65. The third kappa shape index (κ3) is 3.49. The second-order valence-corrected chi connectivity index (χ2v) is 7.52. The Kier molecular flexibility index (Phi) is 4.65. The molecule has 1 N–H and O–H groups in total. The number of nitrogens with one attached hydrogen (secondary N) is 1. The third-order valence-corrected chi connectivity index (χ3v) is 5.79. The lowest BCUT2D eigenvalue weighted by molar-refractivity contribution is 0.103. The predicted octanol–water partition coefficient (Wildman–Crippen LogP) is 4.07. The van der Waals surface area contributed by atoms with Gasteiger partial charge in [0, 0.05) is 11.3 Å². The Hall–Kier alpha value is -1.27. The van der Waals surface area contributed by atoms with Crippen molar-refractivity contribution in [3.05, 3.63) is 26.4 Å². The predicted molar refractivity (Wildman–Crippen MR) is 87.4 cm³/mol. The van der Waals surface area contributed by atoms with Gasteiger partial charge in [-0.15, -0.1) is 21.5 Å². The molecule has 4 nitrogen and oxygen atoms in total. The summed E-state index contributed by atoms with van der Waals surface area (Å²) in [5.74, 6) is -0.0485. The van der Waals surface area contributed by atoms with E-state index in [1.165, 1.54) is 34.6 Å². The maximum Gasteiger partial charge on any atom is 0.267 e. The van der Waals surface area contributed by atoms with Crippen LogP contribution >= 0.6 is 22.7 Å². The molecule has 0 fully saturated rings. The first-order valence-corrected chi connectivity index (χ1v) is 9.15. The van der Waals surface area contributed by atoms with Gasteiger partial charge in [-0.2, -0.15) is 0 Å². The van der Waals surface area contributed by atoms with Crippen LogP contribution in [-0.4, -0.2) is 16.1 Å². The van der Waals surface area contributed by atoms with Gasteiger partial charge in [0.15, 0.2) is 0 Å². The molecule has 112 valence electrons. The molecule has 2 heterocycles. The van der Waals surface area contributed by atoms with Gasteiger partial charge in [0.1, 0.15) is 5.01 Å². The fourth-order valence-corrected chi connectivity index (χ4v) is 4.42. The van der Waals surface area contributed by atoms with Crippen molar-refractivity contribution < 1.29 is 4.79 Å². The molecule has 1 amide bonds. The van der Waals surface area contributed by atoms with Crippen molar-refractivity contribution in [2.45, 2.75) is 51.9 Å². The zero-order valence-electron chi connectivity index (χ0n) is 12.1. The number of aryl methyl sites for hydroxylation is 3. The molecule has 0 atom stereocenters. The summed E-state index contributed by atoms with van der Waals surface area (Å²) in [4.78, 5) is 14.5. The number of unbranched alkanes of at least 4 members (excludes halogenated alkanes) is 1. The van der Waals surface area contributed by atoms with Gasteiger partial charge in [0.25, 0.3) is 5.91 Å². The topological polar surface area (TPSA) is 54.9 Å². The van der Waals surface area contributed by atoms with E-state index < -0.39 is 0 Å². The Morgan fingerprint density at radius 2 is 2.14 bits per heavy atom. The Labute approximate surface area is 132 Å². The van der Waals surface area contributed by atoms with Crippen LogP contribution in [0.15, 0.2) is 6.07 Å². The van der Waals surface area contributed by atoms with Crippen LogP contribution in [0.3, 0.4) is 0 Å². The number of aromatic nitrogens is 2. The molecule has 0 bridgehead atoms. The van der Waals surface area contributed by atoms with Crippen molar-refractivity contribution in [2.75, 3.05) is 5.32 Å². The summed E-state index contributed by atoms with van der Waals surface area (Å²) in [5.41, 5.74) is 1.36. The summed E-state index contributed by atoms with van der Waals surface area (Å²) in [6.07, 6.45) is 7.90. The average Bonchev–Trinajstić information content (AvgIpc) is 3.11. The zero-order valence-corrected chi connectivity index (χ0v) is 13.8. The maximum atomic E-state index is 12.3. The second kappa shape index (κ2) is 6.66. The van der Waals surface area contributed by atoms with Gasteiger partial charge in [0.05, 0.1) is 4.88 Å². The molecule has 3 rings (SSSR count). The van der Waals surface area contributed by atoms with Crippen molar-refractivity contribution >= 4 is 33.7 Å². The molecule has 0 unspecified atom stereocenters. The van der Waals surface area contributed by atoms with E-state index in [4.69, 9.17) is 0 Å². The van der Waals surface area contributed by atoms with E-state index >= 15 is 0 Å². The molecule has 6 heteroatoms. The van der Waals surface area contributed by atoms with E-state index in [1.807, 2.05) is 6.07 Å². The summed E-state index contributed by atoms with van der Waals surface area (Å²) in [6, 6.07) is 2.05. The second-order valence-electron chi connectivity index (χ2n) is 5.32. The smallest absolute Gasteiger partial charge is 0.267 e. The van der Waals surface area contributed by atoms with Crippen molar-refractivity contribution in [3.63, 3.8) is 0 Å². The molecule has 0 aliphatic heterocycles. The van der Waals surface area contributed by atoms with Gasteiger partial charge in [-0.3, -0.25) is 10.1 Å². The first-order valence-electron chi connectivity index (χ1n) is 7.51. The fourth-order valence-electron chi connectivity index (χ4n) is 2.49. The highest BCUT2D eigenvalue weighted by molar-refractivity contribution is 7.16. The molecule has 21 heavy (non-hydrogen) atoms. The number of rotatable bonds is 5. The molecular weight excluding hydrogens is 302 g/mol. The molecule has 0 saturated carbocycles. The van der Waals surface area contributed by atoms with Gasteiger partial charge >= 0.3 is 0 Å². The average molecular weight is 321 g/mol. The van der Waals surface area contributed by atoms with Crippen molar-refractivity contribution in [1.82, 2.24) is 10.2 Å². The van der Waals surface area contributed by atoms with Crippen molar-refractivity contribution in [3.8, 4) is 0 Å². The summed E-state index contributed by atoms with van der Waals surface area (Å²) in [5, 5.41) is 12.7. The minimum Gasteiger partial charge on any atom is -0.296 e. The van der Waals surface area contributed by atoms with E-state index in [2.05, 4.69) is 22.4 Å². The number of thiophene rings is 1. The monoisotopic (exact) mass is 321 g/mol. The number of fused-ring (bicyclic) bond motifs is 1. The minimum atomic E-state index is -0.0485. The minimum absolute atomic E-state index is 0.0485. The molecule has 2 aromatic rings. The van der Waals surface area contributed by atoms with Gasteiger partial charge in [-0.1, -0.05) is 24.7 Å². The van der Waals surface area contributed by atoms with Crippen LogP contribution in [0.5, 0.6) is 0 Å². The lowest BCUT2D eigenvalue weighted by Crippen LogP contribution is -2.09. The first kappa shape index (κ1) is 14.7. The Morgan fingerprint density at radius 3 is 2.95 bits per heavy atom. The maximum absolute atomic E-state index is 12.3. The zero-order chi connectivity index (χ0) is 14.7. The molecule has 0 aromatic carbocycles. The normalized spacial score (nSPS) is 14.0. The molecule has 1 aliphatic carbocycles. The Bertz CT molecular complexity index is 609. The molecule has 2 aromatic heterocycles. The molecular formula is C15H19N3OS2. The number of carbonyl (C=O) groups is 1. The summed E-state index contributed by atoms with van der Waals surface area (Å²) in [7, 11) is 0. The molecule has 0 saturated heterocycles. The van der Waals surface area contributed by atoms with Crippen LogP contribution in [0.1, 0.15) is 57.7 Å². The van der Waals surface area contributed by atoms with Crippen molar-refractivity contribution in [2.24, 2.45) is 0 Å². The summed E-state index contributed by atoms with van der Waals surface area (Å²) < 4.78 is 0. The largest absolute Gasteiger partial charge is 0.296 e. The van der Waals surface area contributed by atoms with E-state index in [9.17, 15) is 4.79 Å². The summed E-state index contributed by atoms with van der Waals surface area (Å²) >= 11 is 3.11. The van der Waals surface area contributed by atoms with Gasteiger partial charge in [0.2, 0.25) is 5.13 Å². The van der Waals surface area contributed by atoms with E-state index in [-0.39, 0.29) is 5.91 Å². The molecule has 1 aliphatic rings. The third-order valence-electron chi connectivity index (χ3n) is 3.65. The Morgan fingerprint density at radius 1 is 1.29 bits per heavy atom. The number of amides is 1. The number of carbonyl (C=O) groups excluding carboxylic acids is 1. The van der Waals surface area contributed by atoms with Crippen LogP contribution in [0.2, 0.25) is 0 Å². The van der Waals surface area contributed by atoms with E-state index in [1.54, 1.807) is 11.3 Å². The van der Waals surface area contributed by atoms with Crippen LogP contribution in [0.25, 0.3) is 0 Å². The number of nitrogens with zero attached hydrogens (tertiary/aromatic N) is 2. The van der Waals surface area contributed by atoms with E-state index in [0.717, 1.165) is 42.0 Å². The van der Waals surface area contributed by atoms with Crippen LogP contribution in [0.4, 0.5) is 5.13 Å². The quantitative estimate of drug-likeness (QED) is 0.903. The van der Waals surface area contributed by atoms with Crippen LogP contribution < -0.4 is 5.32 Å². The number of anilines is 1. The first-order chi connectivity index (χ1) is 10.3.